The first-order chi connectivity index (χ1) is 9.14. The molecule has 0 spiro atoms. The molecule has 4 nitrogen and oxygen atoms in total. The molecule has 0 saturated carbocycles. The Labute approximate surface area is 117 Å². The summed E-state index contributed by atoms with van der Waals surface area (Å²) >= 11 is 0. The fourth-order valence-electron chi connectivity index (χ4n) is 1.88. The summed E-state index contributed by atoms with van der Waals surface area (Å²) in [7, 11) is -0.661. The number of aliphatic hydroxyl groups is 1. The molecule has 1 atom stereocenters. The van der Waals surface area contributed by atoms with Crippen molar-refractivity contribution in [2.45, 2.75) is 51.4 Å². The molecule has 1 N–H and O–H groups in total. The van der Waals surface area contributed by atoms with E-state index in [2.05, 4.69) is 4.98 Å². The van der Waals surface area contributed by atoms with Gasteiger partial charge in [0.1, 0.15) is 0 Å². The van der Waals surface area contributed by atoms with E-state index in [9.17, 15) is 13.9 Å². The summed E-state index contributed by atoms with van der Waals surface area (Å²) in [6.07, 6.45) is -3.42. The SMILES string of the molecule is CC1(C)OB(c2ccnc(C(O)C(F)F)c2)OC1(C)C. The lowest BCUT2D eigenvalue weighted by atomic mass is 9.79. The van der Waals surface area contributed by atoms with Gasteiger partial charge in [-0.05, 0) is 45.3 Å². The number of pyridine rings is 1. The van der Waals surface area contributed by atoms with Crippen molar-refractivity contribution < 1.29 is 23.2 Å². The van der Waals surface area contributed by atoms with Crippen molar-refractivity contribution in [2.75, 3.05) is 0 Å². The third-order valence-corrected chi connectivity index (χ3v) is 3.87. The summed E-state index contributed by atoms with van der Waals surface area (Å²) in [5.74, 6) is 0. The summed E-state index contributed by atoms with van der Waals surface area (Å²) < 4.78 is 36.7. The van der Waals surface area contributed by atoms with E-state index in [1.165, 1.54) is 12.3 Å². The zero-order valence-electron chi connectivity index (χ0n) is 11.9. The maximum Gasteiger partial charge on any atom is 0.494 e. The molecule has 0 radical (unpaired) electrons. The van der Waals surface area contributed by atoms with Crippen molar-refractivity contribution in [2.24, 2.45) is 0 Å². The fraction of sp³-hybridized carbons (Fsp3) is 0.615. The van der Waals surface area contributed by atoms with Crippen LogP contribution in [-0.4, -0.2) is 34.8 Å². The second-order valence-corrected chi connectivity index (χ2v) is 5.88. The second kappa shape index (κ2) is 5.05. The minimum absolute atomic E-state index is 0.0905. The molecule has 0 amide bonds. The van der Waals surface area contributed by atoms with Crippen LogP contribution >= 0.6 is 0 Å². The van der Waals surface area contributed by atoms with Gasteiger partial charge in [0.05, 0.1) is 16.9 Å². The highest BCUT2D eigenvalue weighted by molar-refractivity contribution is 6.62. The molecule has 1 saturated heterocycles. The Kier molecular flexibility index (Phi) is 3.88. The van der Waals surface area contributed by atoms with E-state index in [4.69, 9.17) is 9.31 Å². The molecule has 0 aromatic carbocycles. The molecular weight excluding hydrogens is 267 g/mol. The van der Waals surface area contributed by atoms with Crippen LogP contribution in [0.1, 0.15) is 39.5 Å². The number of hydrogen-bond acceptors (Lipinski definition) is 4. The van der Waals surface area contributed by atoms with Crippen molar-refractivity contribution in [3.05, 3.63) is 24.0 Å². The molecule has 1 fully saturated rings. The highest BCUT2D eigenvalue weighted by Gasteiger charge is 2.51. The number of aliphatic hydroxyl groups excluding tert-OH is 1. The van der Waals surface area contributed by atoms with E-state index in [0.29, 0.717) is 5.46 Å². The molecule has 1 unspecified atom stereocenters. The number of nitrogens with zero attached hydrogens (tertiary/aromatic N) is 1. The van der Waals surface area contributed by atoms with Gasteiger partial charge in [-0.3, -0.25) is 4.98 Å². The number of alkyl halides is 2. The van der Waals surface area contributed by atoms with Crippen LogP contribution in [0.2, 0.25) is 0 Å². The average Bonchev–Trinajstić information content (AvgIpc) is 2.57. The van der Waals surface area contributed by atoms with E-state index < -0.39 is 30.8 Å². The lowest BCUT2D eigenvalue weighted by Gasteiger charge is -2.32. The van der Waals surface area contributed by atoms with E-state index in [-0.39, 0.29) is 5.69 Å². The standard InChI is InChI=1S/C13H18BF2NO3/c1-12(2)13(3,4)20-14(19-12)8-5-6-17-9(7-8)10(18)11(15)16/h5-7,10-11,18H,1-4H3. The highest BCUT2D eigenvalue weighted by Crippen LogP contribution is 2.36. The van der Waals surface area contributed by atoms with Gasteiger partial charge >= 0.3 is 7.12 Å². The molecule has 0 aliphatic carbocycles. The molecule has 2 heterocycles. The summed E-state index contributed by atoms with van der Waals surface area (Å²) in [6.45, 7) is 7.62. The molecular formula is C13H18BF2NO3. The van der Waals surface area contributed by atoms with Crippen molar-refractivity contribution in [1.29, 1.82) is 0 Å². The quantitative estimate of drug-likeness (QED) is 0.858. The summed E-state index contributed by atoms with van der Waals surface area (Å²) in [5, 5.41) is 9.38. The predicted octanol–water partition coefficient (Wildman–Crippen LogP) is 1.68. The van der Waals surface area contributed by atoms with Gasteiger partial charge in [0.2, 0.25) is 0 Å². The fourth-order valence-corrected chi connectivity index (χ4v) is 1.88. The van der Waals surface area contributed by atoms with Crippen LogP contribution in [0.15, 0.2) is 18.3 Å². The van der Waals surface area contributed by atoms with Crippen LogP contribution in [-0.2, 0) is 9.31 Å². The van der Waals surface area contributed by atoms with Crippen LogP contribution in [0.4, 0.5) is 8.78 Å². The third-order valence-electron chi connectivity index (χ3n) is 3.87. The molecule has 1 aliphatic rings. The Bertz CT molecular complexity index is 480. The first-order valence-electron chi connectivity index (χ1n) is 6.42. The van der Waals surface area contributed by atoms with Crippen molar-refractivity contribution in [3.8, 4) is 0 Å². The third kappa shape index (κ3) is 2.70. The Morgan fingerprint density at radius 1 is 1.20 bits per heavy atom. The van der Waals surface area contributed by atoms with Crippen LogP contribution in [0.3, 0.4) is 0 Å². The van der Waals surface area contributed by atoms with Crippen LogP contribution in [0.25, 0.3) is 0 Å². The average molecular weight is 285 g/mol. The van der Waals surface area contributed by atoms with Crippen LogP contribution < -0.4 is 5.46 Å². The van der Waals surface area contributed by atoms with Gasteiger partial charge in [-0.2, -0.15) is 0 Å². The smallest absolute Gasteiger partial charge is 0.399 e. The summed E-state index contributed by atoms with van der Waals surface area (Å²) in [5.41, 5.74) is -0.550. The Balaban J connectivity index is 2.25. The van der Waals surface area contributed by atoms with Crippen LogP contribution in [0, 0.1) is 0 Å². The normalized spacial score (nSPS) is 22.3. The Hall–Kier alpha value is -1.05. The van der Waals surface area contributed by atoms with Gasteiger partial charge in [0, 0.05) is 6.20 Å². The van der Waals surface area contributed by atoms with Crippen LogP contribution in [0.5, 0.6) is 0 Å². The topological polar surface area (TPSA) is 51.6 Å². The van der Waals surface area contributed by atoms with E-state index >= 15 is 0 Å². The molecule has 0 bridgehead atoms. The molecule has 7 heteroatoms. The van der Waals surface area contributed by atoms with Gasteiger partial charge in [-0.1, -0.05) is 0 Å². The first kappa shape index (κ1) is 15.3. The van der Waals surface area contributed by atoms with E-state index in [1.807, 2.05) is 27.7 Å². The van der Waals surface area contributed by atoms with Gasteiger partial charge in [0.15, 0.2) is 6.10 Å². The maximum absolute atomic E-state index is 12.5. The molecule has 1 aliphatic heterocycles. The predicted molar refractivity (Wildman–Crippen MR) is 70.9 cm³/mol. The minimum atomic E-state index is -2.88. The summed E-state index contributed by atoms with van der Waals surface area (Å²) in [4.78, 5) is 3.76. The number of halogens is 2. The van der Waals surface area contributed by atoms with Gasteiger partial charge in [-0.15, -0.1) is 0 Å². The molecule has 20 heavy (non-hydrogen) atoms. The molecule has 1 aromatic heterocycles. The molecule has 1 aromatic rings. The second-order valence-electron chi connectivity index (χ2n) is 5.88. The van der Waals surface area contributed by atoms with Crippen molar-refractivity contribution >= 4 is 12.6 Å². The Morgan fingerprint density at radius 2 is 1.75 bits per heavy atom. The number of aromatic nitrogens is 1. The van der Waals surface area contributed by atoms with Gasteiger partial charge in [0.25, 0.3) is 6.43 Å². The van der Waals surface area contributed by atoms with E-state index in [1.54, 1.807) is 6.07 Å². The van der Waals surface area contributed by atoms with E-state index in [0.717, 1.165) is 0 Å². The number of rotatable bonds is 3. The summed E-state index contributed by atoms with van der Waals surface area (Å²) in [6, 6.07) is 3.02. The lowest BCUT2D eigenvalue weighted by molar-refractivity contribution is -0.00816. The minimum Gasteiger partial charge on any atom is -0.399 e. The zero-order chi connectivity index (χ0) is 15.1. The Morgan fingerprint density at radius 3 is 2.25 bits per heavy atom. The van der Waals surface area contributed by atoms with Gasteiger partial charge < -0.3 is 14.4 Å². The van der Waals surface area contributed by atoms with Crippen molar-refractivity contribution in [3.63, 3.8) is 0 Å². The molecule has 110 valence electrons. The monoisotopic (exact) mass is 285 g/mol. The van der Waals surface area contributed by atoms with Crippen molar-refractivity contribution in [1.82, 2.24) is 4.98 Å². The maximum atomic E-state index is 12.5. The largest absolute Gasteiger partial charge is 0.494 e. The first-order valence-corrected chi connectivity index (χ1v) is 6.42. The number of hydrogen-bond donors (Lipinski definition) is 1. The zero-order valence-corrected chi connectivity index (χ0v) is 11.9. The highest BCUT2D eigenvalue weighted by atomic mass is 19.3. The lowest BCUT2D eigenvalue weighted by Crippen LogP contribution is -2.41. The van der Waals surface area contributed by atoms with Gasteiger partial charge in [-0.25, -0.2) is 8.78 Å². The molecule has 2 rings (SSSR count).